The van der Waals surface area contributed by atoms with E-state index >= 15 is 0 Å². The Bertz CT molecular complexity index is 327. The first-order valence-corrected chi connectivity index (χ1v) is 5.89. The monoisotopic (exact) mass is 298 g/mol. The fraction of sp³-hybridized carbons (Fsp3) is 0.231. The Morgan fingerprint density at radius 1 is 1.50 bits per heavy atom. The molecular weight excluding hydrogens is 283 g/mol. The zero-order valence-electron chi connectivity index (χ0n) is 8.46. The molecule has 1 aliphatic rings. The van der Waals surface area contributed by atoms with E-state index in [9.17, 15) is 0 Å². The Kier molecular flexibility index (Phi) is 4.94. The van der Waals surface area contributed by atoms with Crippen molar-refractivity contribution in [2.45, 2.75) is 19.8 Å². The smallest absolute Gasteiger partial charge is 0.0166 e. The topological polar surface area (TPSA) is 0 Å². The highest BCUT2D eigenvalue weighted by atomic mass is 127. The van der Waals surface area contributed by atoms with Crippen LogP contribution in [-0.2, 0) is 0 Å². The lowest BCUT2D eigenvalue weighted by atomic mass is 9.99. The molecule has 1 rings (SSSR count). The predicted octanol–water partition coefficient (Wildman–Crippen LogP) is 4.71. The Balaban J connectivity index is 3.00. The van der Waals surface area contributed by atoms with Gasteiger partial charge in [0.25, 0.3) is 0 Å². The van der Waals surface area contributed by atoms with Gasteiger partial charge in [0.2, 0.25) is 0 Å². The Morgan fingerprint density at radius 3 is 2.79 bits per heavy atom. The van der Waals surface area contributed by atoms with Gasteiger partial charge < -0.3 is 0 Å². The third kappa shape index (κ3) is 2.98. The SMILES string of the molecule is C=C/C=C(C1=CCCC=C1)\C(I)=C/C. The van der Waals surface area contributed by atoms with Crippen LogP contribution in [0.15, 0.2) is 57.8 Å². The molecule has 0 nitrogen and oxygen atoms in total. The quantitative estimate of drug-likeness (QED) is 0.522. The van der Waals surface area contributed by atoms with E-state index < -0.39 is 0 Å². The summed E-state index contributed by atoms with van der Waals surface area (Å²) in [5, 5.41) is 0. The van der Waals surface area contributed by atoms with Crippen molar-refractivity contribution >= 4 is 22.6 Å². The van der Waals surface area contributed by atoms with Crippen molar-refractivity contribution in [2.75, 3.05) is 0 Å². The summed E-state index contributed by atoms with van der Waals surface area (Å²) in [7, 11) is 0. The third-order valence-corrected chi connectivity index (χ3v) is 3.31. The van der Waals surface area contributed by atoms with Gasteiger partial charge in [-0.3, -0.25) is 0 Å². The standard InChI is InChI=1S/C13H15I/c1-3-8-12(13(14)4-2)11-9-6-5-7-10-11/h3-4,6,8-10H,1,5,7H2,2H3/b12-8-,13-4+. The van der Waals surface area contributed by atoms with Gasteiger partial charge in [-0.1, -0.05) is 43.0 Å². The molecule has 1 heteroatoms. The number of hydrogen-bond donors (Lipinski definition) is 0. The van der Waals surface area contributed by atoms with Gasteiger partial charge in [0.1, 0.15) is 0 Å². The zero-order chi connectivity index (χ0) is 10.4. The lowest BCUT2D eigenvalue weighted by Gasteiger charge is -2.10. The minimum absolute atomic E-state index is 1.15. The minimum atomic E-state index is 1.15. The van der Waals surface area contributed by atoms with Crippen LogP contribution in [0.2, 0.25) is 0 Å². The van der Waals surface area contributed by atoms with Gasteiger partial charge in [-0.15, -0.1) is 0 Å². The van der Waals surface area contributed by atoms with E-state index in [0.29, 0.717) is 0 Å². The molecule has 0 N–H and O–H groups in total. The van der Waals surface area contributed by atoms with Crippen molar-refractivity contribution in [2.24, 2.45) is 0 Å². The Hall–Kier alpha value is -0.570. The molecule has 0 unspecified atom stereocenters. The molecule has 74 valence electrons. The maximum atomic E-state index is 3.75. The van der Waals surface area contributed by atoms with Crippen molar-refractivity contribution < 1.29 is 0 Å². The average Bonchev–Trinajstić information content (AvgIpc) is 2.26. The number of allylic oxidation sites excluding steroid dienone is 9. The van der Waals surface area contributed by atoms with Crippen molar-refractivity contribution in [1.82, 2.24) is 0 Å². The highest BCUT2D eigenvalue weighted by molar-refractivity contribution is 14.1. The van der Waals surface area contributed by atoms with E-state index in [4.69, 9.17) is 0 Å². The molecule has 0 aromatic heterocycles. The van der Waals surface area contributed by atoms with Gasteiger partial charge >= 0.3 is 0 Å². The fourth-order valence-electron chi connectivity index (χ4n) is 1.40. The van der Waals surface area contributed by atoms with Crippen molar-refractivity contribution in [1.29, 1.82) is 0 Å². The second-order valence-electron chi connectivity index (χ2n) is 3.09. The van der Waals surface area contributed by atoms with Crippen LogP contribution in [0.25, 0.3) is 0 Å². The van der Waals surface area contributed by atoms with Crippen molar-refractivity contribution in [3.05, 3.63) is 57.8 Å². The summed E-state index contributed by atoms with van der Waals surface area (Å²) < 4.78 is 1.28. The van der Waals surface area contributed by atoms with Crippen LogP contribution >= 0.6 is 22.6 Å². The van der Waals surface area contributed by atoms with Gasteiger partial charge in [-0.2, -0.15) is 0 Å². The van der Waals surface area contributed by atoms with Gasteiger partial charge in [-0.25, -0.2) is 0 Å². The molecule has 0 radical (unpaired) electrons. The highest BCUT2D eigenvalue weighted by Crippen LogP contribution is 2.28. The number of hydrogen-bond acceptors (Lipinski definition) is 0. The summed E-state index contributed by atoms with van der Waals surface area (Å²) in [4.78, 5) is 0. The minimum Gasteiger partial charge on any atom is -0.0990 e. The van der Waals surface area contributed by atoms with Crippen LogP contribution < -0.4 is 0 Å². The molecule has 0 atom stereocenters. The maximum absolute atomic E-state index is 3.75. The molecule has 1 aliphatic carbocycles. The van der Waals surface area contributed by atoms with E-state index in [1.807, 2.05) is 6.08 Å². The Labute approximate surface area is 99.9 Å². The van der Waals surface area contributed by atoms with Gasteiger partial charge in [0, 0.05) is 3.58 Å². The lowest BCUT2D eigenvalue weighted by Crippen LogP contribution is -1.90. The molecule has 0 aromatic rings. The third-order valence-electron chi connectivity index (χ3n) is 2.10. The predicted molar refractivity (Wildman–Crippen MR) is 72.5 cm³/mol. The second kappa shape index (κ2) is 6.02. The fourth-order valence-corrected chi connectivity index (χ4v) is 1.89. The lowest BCUT2D eigenvalue weighted by molar-refractivity contribution is 1.02. The van der Waals surface area contributed by atoms with Crippen LogP contribution in [0.4, 0.5) is 0 Å². The largest absolute Gasteiger partial charge is 0.0990 e. The summed E-state index contributed by atoms with van der Waals surface area (Å²) in [6.45, 7) is 5.82. The first kappa shape index (κ1) is 11.5. The molecule has 14 heavy (non-hydrogen) atoms. The van der Waals surface area contributed by atoms with E-state index in [0.717, 1.165) is 12.8 Å². The molecule has 0 amide bonds. The molecule has 0 heterocycles. The summed E-state index contributed by atoms with van der Waals surface area (Å²) >= 11 is 2.36. The molecule has 0 saturated carbocycles. The molecule has 0 aliphatic heterocycles. The molecule has 0 saturated heterocycles. The highest BCUT2D eigenvalue weighted by Gasteiger charge is 2.05. The van der Waals surface area contributed by atoms with E-state index in [2.05, 4.69) is 66.5 Å². The van der Waals surface area contributed by atoms with Crippen molar-refractivity contribution in [3.63, 3.8) is 0 Å². The van der Waals surface area contributed by atoms with Crippen LogP contribution in [0.3, 0.4) is 0 Å². The van der Waals surface area contributed by atoms with Crippen molar-refractivity contribution in [3.8, 4) is 0 Å². The van der Waals surface area contributed by atoms with E-state index in [1.54, 1.807) is 0 Å². The average molecular weight is 298 g/mol. The first-order valence-electron chi connectivity index (χ1n) is 4.81. The normalized spacial score (nSPS) is 18.0. The van der Waals surface area contributed by atoms with Gasteiger partial charge in [0.05, 0.1) is 0 Å². The van der Waals surface area contributed by atoms with Crippen LogP contribution in [-0.4, -0.2) is 0 Å². The van der Waals surface area contributed by atoms with E-state index in [-0.39, 0.29) is 0 Å². The van der Waals surface area contributed by atoms with E-state index in [1.165, 1.54) is 14.7 Å². The van der Waals surface area contributed by atoms with Crippen LogP contribution in [0.5, 0.6) is 0 Å². The number of halogens is 1. The van der Waals surface area contributed by atoms with Crippen LogP contribution in [0.1, 0.15) is 19.8 Å². The maximum Gasteiger partial charge on any atom is 0.0166 e. The van der Waals surface area contributed by atoms with Gasteiger partial charge in [0.15, 0.2) is 0 Å². The summed E-state index contributed by atoms with van der Waals surface area (Å²) in [5.74, 6) is 0. The van der Waals surface area contributed by atoms with Gasteiger partial charge in [-0.05, 0) is 53.5 Å². The first-order chi connectivity index (χ1) is 6.79. The zero-order valence-corrected chi connectivity index (χ0v) is 10.6. The van der Waals surface area contributed by atoms with Crippen LogP contribution in [0, 0.1) is 0 Å². The molecule has 0 bridgehead atoms. The summed E-state index contributed by atoms with van der Waals surface area (Å²) in [6, 6.07) is 0. The Morgan fingerprint density at radius 2 is 2.29 bits per heavy atom. The number of rotatable bonds is 3. The molecule has 0 spiro atoms. The second-order valence-corrected chi connectivity index (χ2v) is 4.25. The summed E-state index contributed by atoms with van der Waals surface area (Å²) in [5.41, 5.74) is 2.60. The molecule has 0 fully saturated rings. The molecule has 0 aromatic carbocycles. The molecular formula is C13H15I. The summed E-state index contributed by atoms with van der Waals surface area (Å²) in [6.07, 6.45) is 15.1.